The summed E-state index contributed by atoms with van der Waals surface area (Å²) in [4.78, 5) is 16.5. The van der Waals surface area contributed by atoms with Crippen molar-refractivity contribution in [1.82, 2.24) is 10.3 Å². The quantitative estimate of drug-likeness (QED) is 0.679. The van der Waals surface area contributed by atoms with Gasteiger partial charge in [0.1, 0.15) is 13.2 Å². The molecule has 0 bridgehead atoms. The van der Waals surface area contributed by atoms with Gasteiger partial charge < -0.3 is 19.2 Å². The lowest BCUT2D eigenvalue weighted by molar-refractivity contribution is -0.121. The van der Waals surface area contributed by atoms with Crippen LogP contribution >= 0.6 is 11.6 Å². The molecule has 1 aliphatic rings. The number of aromatic nitrogens is 1. The predicted octanol–water partition coefficient (Wildman–Crippen LogP) is 4.02. The molecule has 1 aliphatic heterocycles. The molecule has 0 unspecified atom stereocenters. The summed E-state index contributed by atoms with van der Waals surface area (Å²) in [5, 5.41) is 3.50. The summed E-state index contributed by atoms with van der Waals surface area (Å²) in [7, 11) is 0. The average Bonchev–Trinajstić information content (AvgIpc) is 3.20. The van der Waals surface area contributed by atoms with E-state index in [1.54, 1.807) is 12.3 Å². The van der Waals surface area contributed by atoms with E-state index in [-0.39, 0.29) is 12.3 Å². The maximum absolute atomic E-state index is 12.2. The van der Waals surface area contributed by atoms with Gasteiger partial charge in [0, 0.05) is 30.5 Å². The van der Waals surface area contributed by atoms with Gasteiger partial charge in [-0.15, -0.1) is 0 Å². The fraction of sp³-hybridized carbons (Fsp3) is 0.238. The van der Waals surface area contributed by atoms with Gasteiger partial charge in [-0.1, -0.05) is 35.9 Å². The van der Waals surface area contributed by atoms with Crippen LogP contribution in [0.1, 0.15) is 17.9 Å². The van der Waals surface area contributed by atoms with E-state index in [9.17, 15) is 4.79 Å². The van der Waals surface area contributed by atoms with Crippen LogP contribution in [0.2, 0.25) is 5.02 Å². The topological polar surface area (TPSA) is 73.6 Å². The van der Waals surface area contributed by atoms with E-state index in [0.717, 1.165) is 11.1 Å². The summed E-state index contributed by atoms with van der Waals surface area (Å²) in [6, 6.07) is 13.1. The van der Waals surface area contributed by atoms with Gasteiger partial charge in [0.25, 0.3) is 0 Å². The standard InChI is InChI=1S/C21H19ClN2O4/c22-16-6-2-1-5-15(16)18-13-24-20(28-18)9-8-19(25)23-12-14-4-3-7-17-21(14)27-11-10-26-17/h1-7,13H,8-12H2,(H,23,25). The van der Waals surface area contributed by atoms with Gasteiger partial charge in [-0.05, 0) is 18.2 Å². The highest BCUT2D eigenvalue weighted by atomic mass is 35.5. The SMILES string of the molecule is O=C(CCc1ncc(-c2ccccc2Cl)o1)NCc1cccc2c1OCCO2. The van der Waals surface area contributed by atoms with Gasteiger partial charge in [0.2, 0.25) is 5.91 Å². The summed E-state index contributed by atoms with van der Waals surface area (Å²) in [6.45, 7) is 1.42. The molecule has 144 valence electrons. The molecule has 28 heavy (non-hydrogen) atoms. The molecule has 0 spiro atoms. The van der Waals surface area contributed by atoms with E-state index in [0.29, 0.717) is 54.4 Å². The number of carbonyl (C=O) groups excluding carboxylic acids is 1. The van der Waals surface area contributed by atoms with E-state index in [2.05, 4.69) is 10.3 Å². The first kappa shape index (κ1) is 18.4. The number of nitrogens with zero attached hydrogens (tertiary/aromatic N) is 1. The fourth-order valence-corrected chi connectivity index (χ4v) is 3.22. The number of carbonyl (C=O) groups is 1. The number of hydrogen-bond donors (Lipinski definition) is 1. The van der Waals surface area contributed by atoms with Crippen LogP contribution in [0.25, 0.3) is 11.3 Å². The molecule has 2 aromatic carbocycles. The molecule has 0 saturated heterocycles. The van der Waals surface area contributed by atoms with Crippen molar-refractivity contribution in [2.24, 2.45) is 0 Å². The molecule has 2 heterocycles. The summed E-state index contributed by atoms with van der Waals surface area (Å²) in [5.41, 5.74) is 1.67. The number of fused-ring (bicyclic) bond motifs is 1. The molecule has 4 rings (SSSR count). The molecule has 1 N–H and O–H groups in total. The van der Waals surface area contributed by atoms with Crippen molar-refractivity contribution >= 4 is 17.5 Å². The number of hydrogen-bond acceptors (Lipinski definition) is 5. The Morgan fingerprint density at radius 1 is 1.11 bits per heavy atom. The minimum Gasteiger partial charge on any atom is -0.486 e. The fourth-order valence-electron chi connectivity index (χ4n) is 2.99. The molecule has 0 saturated carbocycles. The van der Waals surface area contributed by atoms with E-state index < -0.39 is 0 Å². The summed E-state index contributed by atoms with van der Waals surface area (Å²) < 4.78 is 16.9. The molecule has 1 amide bonds. The minimum atomic E-state index is -0.0909. The highest BCUT2D eigenvalue weighted by Crippen LogP contribution is 2.33. The monoisotopic (exact) mass is 398 g/mol. The molecule has 0 aliphatic carbocycles. The second-order valence-electron chi connectivity index (χ2n) is 6.32. The van der Waals surface area contributed by atoms with Crippen molar-refractivity contribution in [3.05, 3.63) is 65.1 Å². The number of aryl methyl sites for hydroxylation is 1. The summed E-state index contributed by atoms with van der Waals surface area (Å²) in [6.07, 6.45) is 2.31. The van der Waals surface area contributed by atoms with E-state index in [1.807, 2.05) is 36.4 Å². The van der Waals surface area contributed by atoms with Crippen LogP contribution in [-0.4, -0.2) is 24.1 Å². The van der Waals surface area contributed by atoms with E-state index >= 15 is 0 Å². The minimum absolute atomic E-state index is 0.0909. The van der Waals surface area contributed by atoms with Crippen molar-refractivity contribution in [2.45, 2.75) is 19.4 Å². The van der Waals surface area contributed by atoms with Crippen LogP contribution in [0.5, 0.6) is 11.5 Å². The average molecular weight is 399 g/mol. The smallest absolute Gasteiger partial charge is 0.220 e. The van der Waals surface area contributed by atoms with Gasteiger partial charge in [-0.25, -0.2) is 4.98 Å². The van der Waals surface area contributed by atoms with Gasteiger partial charge in [0.15, 0.2) is 23.1 Å². The normalized spacial score (nSPS) is 12.6. The Bertz CT molecular complexity index is 986. The van der Waals surface area contributed by atoms with Crippen molar-refractivity contribution in [1.29, 1.82) is 0 Å². The zero-order valence-corrected chi connectivity index (χ0v) is 15.9. The van der Waals surface area contributed by atoms with Crippen LogP contribution in [0, 0.1) is 0 Å². The van der Waals surface area contributed by atoms with Crippen LogP contribution in [0.3, 0.4) is 0 Å². The Labute approximate surface area is 167 Å². The first-order chi connectivity index (χ1) is 13.7. The number of benzene rings is 2. The maximum atomic E-state index is 12.2. The van der Waals surface area contributed by atoms with Gasteiger partial charge >= 0.3 is 0 Å². The zero-order valence-electron chi connectivity index (χ0n) is 15.1. The lowest BCUT2D eigenvalue weighted by Gasteiger charge is -2.21. The zero-order chi connectivity index (χ0) is 19.3. The van der Waals surface area contributed by atoms with E-state index in [1.165, 1.54) is 0 Å². The van der Waals surface area contributed by atoms with Crippen LogP contribution in [0.15, 0.2) is 53.1 Å². The first-order valence-electron chi connectivity index (χ1n) is 9.04. The molecule has 6 nitrogen and oxygen atoms in total. The Morgan fingerprint density at radius 2 is 1.96 bits per heavy atom. The van der Waals surface area contributed by atoms with Crippen molar-refractivity contribution in [2.75, 3.05) is 13.2 Å². The third-order valence-electron chi connectivity index (χ3n) is 4.38. The summed E-state index contributed by atoms with van der Waals surface area (Å²) >= 11 is 6.17. The van der Waals surface area contributed by atoms with Gasteiger partial charge in [-0.3, -0.25) is 4.79 Å². The highest BCUT2D eigenvalue weighted by Gasteiger charge is 2.16. The first-order valence-corrected chi connectivity index (χ1v) is 9.42. The Hall–Kier alpha value is -2.99. The molecule has 0 fully saturated rings. The number of ether oxygens (including phenoxy) is 2. The molecule has 7 heteroatoms. The van der Waals surface area contributed by atoms with E-state index in [4.69, 9.17) is 25.5 Å². The lowest BCUT2D eigenvalue weighted by atomic mass is 10.1. The largest absolute Gasteiger partial charge is 0.486 e. The third-order valence-corrected chi connectivity index (χ3v) is 4.71. The molecular formula is C21H19ClN2O4. The second kappa shape index (κ2) is 8.35. The molecular weight excluding hydrogens is 380 g/mol. The number of para-hydroxylation sites is 1. The van der Waals surface area contributed by atoms with Crippen LogP contribution < -0.4 is 14.8 Å². The molecule has 0 atom stereocenters. The lowest BCUT2D eigenvalue weighted by Crippen LogP contribution is -2.24. The molecule has 3 aromatic rings. The van der Waals surface area contributed by atoms with Gasteiger partial charge in [-0.2, -0.15) is 0 Å². The number of rotatable bonds is 6. The number of oxazole rings is 1. The van der Waals surface area contributed by atoms with Crippen LogP contribution in [0.4, 0.5) is 0 Å². The molecule has 0 radical (unpaired) electrons. The van der Waals surface area contributed by atoms with Crippen molar-refractivity contribution in [3.63, 3.8) is 0 Å². The Balaban J connectivity index is 1.32. The number of amides is 1. The van der Waals surface area contributed by atoms with Gasteiger partial charge in [0.05, 0.1) is 11.2 Å². The van der Waals surface area contributed by atoms with Crippen molar-refractivity contribution < 1.29 is 18.7 Å². The Morgan fingerprint density at radius 3 is 2.86 bits per heavy atom. The third kappa shape index (κ3) is 4.12. The number of nitrogens with one attached hydrogen (secondary N) is 1. The Kier molecular flexibility index (Phi) is 5.48. The van der Waals surface area contributed by atoms with Crippen LogP contribution in [-0.2, 0) is 17.8 Å². The summed E-state index contributed by atoms with van der Waals surface area (Å²) in [5.74, 6) is 2.41. The predicted molar refractivity (Wildman–Crippen MR) is 105 cm³/mol. The highest BCUT2D eigenvalue weighted by molar-refractivity contribution is 6.33. The second-order valence-corrected chi connectivity index (χ2v) is 6.72. The van der Waals surface area contributed by atoms with Crippen molar-refractivity contribution in [3.8, 4) is 22.8 Å². The maximum Gasteiger partial charge on any atom is 0.220 e. The number of halogens is 1. The molecule has 1 aromatic heterocycles.